The molecule has 0 radical (unpaired) electrons. The molecule has 3 nitrogen and oxygen atoms in total. The van der Waals surface area contributed by atoms with Crippen LogP contribution in [0, 0.1) is 0 Å². The van der Waals surface area contributed by atoms with Gasteiger partial charge in [-0.05, 0) is 39.5 Å². The average molecular weight is 332 g/mol. The molecule has 6 heteroatoms. The number of amides is 1. The number of aromatic nitrogens is 1. The summed E-state index contributed by atoms with van der Waals surface area (Å²) in [5.41, 5.74) is 0.391. The Hall–Kier alpha value is -0.910. The number of hydrogen-bond donors (Lipinski definition) is 1. The number of hydrogen-bond acceptors (Lipinski definition) is 3. The predicted octanol–water partition coefficient (Wildman–Crippen LogP) is 3.49. The summed E-state index contributed by atoms with van der Waals surface area (Å²) in [6, 6.07) is 5.28. The third-order valence-corrected chi connectivity index (χ3v) is 4.33. The number of carbonyl (C=O) groups is 1. The molecule has 2 aromatic rings. The van der Waals surface area contributed by atoms with Crippen molar-refractivity contribution in [3.05, 3.63) is 49.8 Å². The first kappa shape index (κ1) is 12.5. The van der Waals surface area contributed by atoms with Crippen molar-refractivity contribution in [2.75, 3.05) is 0 Å². The largest absolute Gasteiger partial charge is 0.347 e. The molecule has 1 N–H and O–H groups in total. The summed E-state index contributed by atoms with van der Waals surface area (Å²) in [7, 11) is 0. The van der Waals surface area contributed by atoms with Crippen LogP contribution in [0.25, 0.3) is 0 Å². The van der Waals surface area contributed by atoms with Crippen molar-refractivity contribution >= 4 is 44.8 Å². The summed E-state index contributed by atoms with van der Waals surface area (Å²) in [4.78, 5) is 16.8. The van der Waals surface area contributed by atoms with Gasteiger partial charge in [0.1, 0.15) is 5.15 Å². The van der Waals surface area contributed by atoms with Crippen LogP contribution in [0.3, 0.4) is 0 Å². The molecule has 2 rings (SSSR count). The second-order valence-electron chi connectivity index (χ2n) is 3.22. The van der Waals surface area contributed by atoms with Crippen LogP contribution in [0.2, 0.25) is 5.15 Å². The Bertz CT molecular complexity index is 544. The Morgan fingerprint density at radius 3 is 3.00 bits per heavy atom. The van der Waals surface area contributed by atoms with Gasteiger partial charge in [0.05, 0.1) is 12.1 Å². The number of thiophene rings is 1. The fraction of sp³-hybridized carbons (Fsp3) is 0.0909. The standard InChI is InChI=1S/C11H8BrClN2OS/c12-8-3-5-17-9(8)6-15-11(16)7-2-1-4-14-10(7)13/h1-5H,6H2,(H,15,16). The second kappa shape index (κ2) is 5.62. The molecule has 0 saturated carbocycles. The molecule has 88 valence electrons. The van der Waals surface area contributed by atoms with Crippen molar-refractivity contribution in [3.63, 3.8) is 0 Å². The molecule has 0 aliphatic rings. The molecule has 2 aromatic heterocycles. The number of pyridine rings is 1. The van der Waals surface area contributed by atoms with E-state index in [1.807, 2.05) is 11.4 Å². The number of rotatable bonds is 3. The van der Waals surface area contributed by atoms with E-state index >= 15 is 0 Å². The van der Waals surface area contributed by atoms with E-state index in [9.17, 15) is 4.79 Å². The zero-order valence-electron chi connectivity index (χ0n) is 8.61. The average Bonchev–Trinajstić information content (AvgIpc) is 2.72. The Morgan fingerprint density at radius 1 is 1.53 bits per heavy atom. The first-order valence-corrected chi connectivity index (χ1v) is 6.84. The van der Waals surface area contributed by atoms with E-state index in [0.717, 1.165) is 9.35 Å². The Balaban J connectivity index is 2.04. The van der Waals surface area contributed by atoms with Crippen LogP contribution in [0.15, 0.2) is 34.2 Å². The molecule has 0 bridgehead atoms. The van der Waals surface area contributed by atoms with E-state index in [-0.39, 0.29) is 11.1 Å². The van der Waals surface area contributed by atoms with E-state index in [2.05, 4.69) is 26.2 Å². The SMILES string of the molecule is O=C(NCc1sccc1Br)c1cccnc1Cl. The van der Waals surface area contributed by atoms with Gasteiger partial charge in [0, 0.05) is 15.5 Å². The molecular formula is C11H8BrClN2OS. The van der Waals surface area contributed by atoms with Gasteiger partial charge in [-0.2, -0.15) is 0 Å². The maximum Gasteiger partial charge on any atom is 0.254 e. The number of nitrogens with one attached hydrogen (secondary N) is 1. The molecule has 0 aliphatic heterocycles. The zero-order chi connectivity index (χ0) is 12.3. The minimum absolute atomic E-state index is 0.218. The lowest BCUT2D eigenvalue weighted by Gasteiger charge is -2.05. The lowest BCUT2D eigenvalue weighted by atomic mass is 10.2. The van der Waals surface area contributed by atoms with Crippen LogP contribution in [0.5, 0.6) is 0 Å². The highest BCUT2D eigenvalue weighted by Crippen LogP contribution is 2.22. The van der Waals surface area contributed by atoms with Gasteiger partial charge in [-0.3, -0.25) is 4.79 Å². The Labute approximate surface area is 116 Å². The van der Waals surface area contributed by atoms with Crippen molar-refractivity contribution in [1.82, 2.24) is 10.3 Å². The highest BCUT2D eigenvalue weighted by Gasteiger charge is 2.11. The number of carbonyl (C=O) groups excluding carboxylic acids is 1. The maximum atomic E-state index is 11.8. The molecule has 0 unspecified atom stereocenters. The first-order valence-electron chi connectivity index (χ1n) is 4.79. The molecule has 0 atom stereocenters. The van der Waals surface area contributed by atoms with Gasteiger partial charge in [-0.25, -0.2) is 4.98 Å². The van der Waals surface area contributed by atoms with Gasteiger partial charge >= 0.3 is 0 Å². The predicted molar refractivity (Wildman–Crippen MR) is 72.4 cm³/mol. The second-order valence-corrected chi connectivity index (χ2v) is 5.43. The van der Waals surface area contributed by atoms with E-state index in [4.69, 9.17) is 11.6 Å². The fourth-order valence-electron chi connectivity index (χ4n) is 1.26. The summed E-state index contributed by atoms with van der Waals surface area (Å²) >= 11 is 10.8. The third kappa shape index (κ3) is 3.06. The van der Waals surface area contributed by atoms with Gasteiger partial charge in [-0.1, -0.05) is 11.6 Å². The summed E-state index contributed by atoms with van der Waals surface area (Å²) in [5, 5.41) is 4.98. The van der Waals surface area contributed by atoms with Crippen molar-refractivity contribution in [1.29, 1.82) is 0 Å². The maximum absolute atomic E-state index is 11.8. The lowest BCUT2D eigenvalue weighted by molar-refractivity contribution is 0.0951. The minimum Gasteiger partial charge on any atom is -0.347 e. The molecule has 0 spiro atoms. The molecule has 17 heavy (non-hydrogen) atoms. The Morgan fingerprint density at radius 2 is 2.35 bits per heavy atom. The van der Waals surface area contributed by atoms with E-state index < -0.39 is 0 Å². The van der Waals surface area contributed by atoms with Crippen LogP contribution in [0.4, 0.5) is 0 Å². The van der Waals surface area contributed by atoms with Gasteiger partial charge in [0.15, 0.2) is 0 Å². The van der Waals surface area contributed by atoms with Crippen molar-refractivity contribution in [2.24, 2.45) is 0 Å². The van der Waals surface area contributed by atoms with Crippen molar-refractivity contribution < 1.29 is 4.79 Å². The zero-order valence-corrected chi connectivity index (χ0v) is 11.8. The lowest BCUT2D eigenvalue weighted by Crippen LogP contribution is -2.23. The summed E-state index contributed by atoms with van der Waals surface area (Å²) in [6.07, 6.45) is 1.55. The minimum atomic E-state index is -0.219. The molecule has 0 saturated heterocycles. The molecule has 0 aliphatic carbocycles. The van der Waals surface area contributed by atoms with Gasteiger partial charge in [0.2, 0.25) is 0 Å². The Kier molecular flexibility index (Phi) is 4.15. The molecule has 1 amide bonds. The van der Waals surface area contributed by atoms with E-state index in [1.165, 1.54) is 0 Å². The molecule has 2 heterocycles. The van der Waals surface area contributed by atoms with Gasteiger partial charge in [-0.15, -0.1) is 11.3 Å². The highest BCUT2D eigenvalue weighted by atomic mass is 79.9. The number of halogens is 2. The molecular weight excluding hydrogens is 324 g/mol. The van der Waals surface area contributed by atoms with Crippen LogP contribution in [-0.2, 0) is 6.54 Å². The third-order valence-electron chi connectivity index (χ3n) is 2.10. The summed E-state index contributed by atoms with van der Waals surface area (Å²) < 4.78 is 1.00. The van der Waals surface area contributed by atoms with E-state index in [0.29, 0.717) is 12.1 Å². The normalized spacial score (nSPS) is 10.2. The van der Waals surface area contributed by atoms with Gasteiger partial charge in [0.25, 0.3) is 5.91 Å². The number of nitrogens with zero attached hydrogens (tertiary/aromatic N) is 1. The van der Waals surface area contributed by atoms with Crippen LogP contribution in [0.1, 0.15) is 15.2 Å². The molecule has 0 fully saturated rings. The fourth-order valence-corrected chi connectivity index (χ4v) is 2.90. The highest BCUT2D eigenvalue weighted by molar-refractivity contribution is 9.10. The quantitative estimate of drug-likeness (QED) is 0.875. The van der Waals surface area contributed by atoms with Gasteiger partial charge < -0.3 is 5.32 Å². The summed E-state index contributed by atoms with van der Waals surface area (Å²) in [5.74, 6) is -0.219. The smallest absolute Gasteiger partial charge is 0.254 e. The van der Waals surface area contributed by atoms with Crippen LogP contribution in [-0.4, -0.2) is 10.9 Å². The van der Waals surface area contributed by atoms with Crippen LogP contribution >= 0.6 is 38.9 Å². The molecule has 0 aromatic carbocycles. The topological polar surface area (TPSA) is 42.0 Å². The van der Waals surface area contributed by atoms with Crippen LogP contribution < -0.4 is 5.32 Å². The van der Waals surface area contributed by atoms with E-state index in [1.54, 1.807) is 29.7 Å². The first-order chi connectivity index (χ1) is 8.18. The summed E-state index contributed by atoms with van der Waals surface area (Å²) in [6.45, 7) is 0.475. The van der Waals surface area contributed by atoms with Crippen molar-refractivity contribution in [3.8, 4) is 0 Å². The monoisotopic (exact) mass is 330 g/mol. The van der Waals surface area contributed by atoms with Crippen molar-refractivity contribution in [2.45, 2.75) is 6.54 Å².